The zero-order valence-corrected chi connectivity index (χ0v) is 9.63. The molecule has 0 aliphatic rings. The number of halogens is 1. The molecule has 1 aromatic carbocycles. The highest BCUT2D eigenvalue weighted by Crippen LogP contribution is 2.17. The van der Waals surface area contributed by atoms with Crippen molar-refractivity contribution in [2.75, 3.05) is 6.54 Å². The van der Waals surface area contributed by atoms with Crippen molar-refractivity contribution in [1.29, 1.82) is 0 Å². The summed E-state index contributed by atoms with van der Waals surface area (Å²) >= 11 is 5.72. The Morgan fingerprint density at radius 3 is 3.00 bits per heavy atom. The molecule has 0 aliphatic heterocycles. The second-order valence-electron chi connectivity index (χ2n) is 3.18. The number of nitrogens with zero attached hydrogens (tertiary/aromatic N) is 3. The van der Waals surface area contributed by atoms with Crippen LogP contribution in [-0.4, -0.2) is 17.6 Å². The quantitative estimate of drug-likeness (QED) is 0.374. The summed E-state index contributed by atoms with van der Waals surface area (Å²) in [5.74, 6) is -1.03. The zero-order valence-electron chi connectivity index (χ0n) is 8.88. The van der Waals surface area contributed by atoms with Crippen LogP contribution in [0.2, 0.25) is 5.02 Å². The Kier molecular flexibility index (Phi) is 5.07. The van der Waals surface area contributed by atoms with Gasteiger partial charge < -0.3 is 5.11 Å². The van der Waals surface area contributed by atoms with E-state index < -0.39 is 5.97 Å². The SMILES string of the molecule is [N-]=[N+]=NCCC=Cc1ccc(Cl)cc1C(=O)O. The molecule has 5 nitrogen and oxygen atoms in total. The topological polar surface area (TPSA) is 86.1 Å². The first-order valence-corrected chi connectivity index (χ1v) is 5.23. The first kappa shape index (κ1) is 13.1. The van der Waals surface area contributed by atoms with Gasteiger partial charge >= 0.3 is 5.97 Å². The van der Waals surface area contributed by atoms with Crippen LogP contribution in [0.3, 0.4) is 0 Å². The van der Waals surface area contributed by atoms with Crippen LogP contribution in [0.25, 0.3) is 16.5 Å². The highest BCUT2D eigenvalue weighted by molar-refractivity contribution is 6.31. The number of aromatic carboxylic acids is 1. The molecule has 0 aromatic heterocycles. The maximum Gasteiger partial charge on any atom is 0.336 e. The maximum atomic E-state index is 11.0. The third kappa shape index (κ3) is 4.18. The Balaban J connectivity index is 2.83. The summed E-state index contributed by atoms with van der Waals surface area (Å²) in [5, 5.41) is 12.7. The molecule has 0 amide bonds. The van der Waals surface area contributed by atoms with Gasteiger partial charge in [0.15, 0.2) is 0 Å². The summed E-state index contributed by atoms with van der Waals surface area (Å²) in [5.41, 5.74) is 8.79. The first-order valence-electron chi connectivity index (χ1n) is 4.85. The van der Waals surface area contributed by atoms with E-state index in [4.69, 9.17) is 22.2 Å². The van der Waals surface area contributed by atoms with Crippen LogP contribution >= 0.6 is 11.6 Å². The second-order valence-corrected chi connectivity index (χ2v) is 3.62. The molecule has 0 atom stereocenters. The van der Waals surface area contributed by atoms with Gasteiger partial charge in [-0.2, -0.15) is 0 Å². The van der Waals surface area contributed by atoms with Crippen molar-refractivity contribution in [3.05, 3.63) is 50.9 Å². The summed E-state index contributed by atoms with van der Waals surface area (Å²) in [4.78, 5) is 13.6. The van der Waals surface area contributed by atoms with Crippen molar-refractivity contribution in [3.8, 4) is 0 Å². The van der Waals surface area contributed by atoms with E-state index in [1.807, 2.05) is 0 Å². The predicted molar refractivity (Wildman–Crippen MR) is 66.1 cm³/mol. The van der Waals surface area contributed by atoms with Crippen LogP contribution in [0.5, 0.6) is 0 Å². The molecule has 0 bridgehead atoms. The fourth-order valence-electron chi connectivity index (χ4n) is 1.25. The molecule has 0 saturated carbocycles. The smallest absolute Gasteiger partial charge is 0.336 e. The molecule has 0 unspecified atom stereocenters. The van der Waals surface area contributed by atoms with Gasteiger partial charge in [0.1, 0.15) is 0 Å². The lowest BCUT2D eigenvalue weighted by molar-refractivity contribution is 0.0696. The van der Waals surface area contributed by atoms with Crippen molar-refractivity contribution in [3.63, 3.8) is 0 Å². The summed E-state index contributed by atoms with van der Waals surface area (Å²) in [6, 6.07) is 4.66. The lowest BCUT2D eigenvalue weighted by Gasteiger charge is -2.01. The van der Waals surface area contributed by atoms with Crippen LogP contribution in [0.1, 0.15) is 22.3 Å². The molecule has 88 valence electrons. The average Bonchev–Trinajstić information content (AvgIpc) is 2.30. The molecule has 1 N–H and O–H groups in total. The summed E-state index contributed by atoms with van der Waals surface area (Å²) in [6.07, 6.45) is 3.99. The summed E-state index contributed by atoms with van der Waals surface area (Å²) < 4.78 is 0. The number of benzene rings is 1. The van der Waals surface area contributed by atoms with E-state index in [0.717, 1.165) is 0 Å². The molecule has 17 heavy (non-hydrogen) atoms. The van der Waals surface area contributed by atoms with E-state index >= 15 is 0 Å². The van der Waals surface area contributed by atoms with E-state index in [9.17, 15) is 4.79 Å². The zero-order chi connectivity index (χ0) is 12.7. The number of azide groups is 1. The molecule has 6 heteroatoms. The van der Waals surface area contributed by atoms with Gasteiger partial charge in [-0.15, -0.1) is 0 Å². The Bertz CT molecular complexity index is 493. The Morgan fingerprint density at radius 1 is 1.59 bits per heavy atom. The van der Waals surface area contributed by atoms with Gasteiger partial charge in [0.05, 0.1) is 5.56 Å². The third-order valence-electron chi connectivity index (χ3n) is 2.00. The standard InChI is InChI=1S/C11H10ClN3O2/c12-9-5-4-8(10(7-9)11(16)17)3-1-2-6-14-15-13/h1,3-5,7H,2,6H2,(H,16,17). The minimum absolute atomic E-state index is 0.150. The largest absolute Gasteiger partial charge is 0.478 e. The molecule has 0 aliphatic carbocycles. The Labute approximate surface area is 103 Å². The van der Waals surface area contributed by atoms with E-state index in [2.05, 4.69) is 10.0 Å². The molecule has 0 spiro atoms. The maximum absolute atomic E-state index is 11.0. The van der Waals surface area contributed by atoms with Crippen molar-refractivity contribution in [2.45, 2.75) is 6.42 Å². The van der Waals surface area contributed by atoms with Crippen LogP contribution in [0, 0.1) is 0 Å². The molecule has 0 radical (unpaired) electrons. The minimum atomic E-state index is -1.03. The van der Waals surface area contributed by atoms with Gasteiger partial charge in [0, 0.05) is 16.5 Å². The van der Waals surface area contributed by atoms with Crippen molar-refractivity contribution < 1.29 is 9.90 Å². The Morgan fingerprint density at radius 2 is 2.35 bits per heavy atom. The van der Waals surface area contributed by atoms with E-state index in [1.165, 1.54) is 6.07 Å². The van der Waals surface area contributed by atoms with Crippen molar-refractivity contribution in [1.82, 2.24) is 0 Å². The van der Waals surface area contributed by atoms with Crippen molar-refractivity contribution in [2.24, 2.45) is 5.11 Å². The van der Waals surface area contributed by atoms with Gasteiger partial charge in [0.25, 0.3) is 0 Å². The van der Waals surface area contributed by atoms with E-state index in [0.29, 0.717) is 23.6 Å². The van der Waals surface area contributed by atoms with E-state index in [1.54, 1.807) is 24.3 Å². The summed E-state index contributed by atoms with van der Waals surface area (Å²) in [7, 11) is 0. The average molecular weight is 252 g/mol. The highest BCUT2D eigenvalue weighted by Gasteiger charge is 2.07. The molecule has 0 fully saturated rings. The minimum Gasteiger partial charge on any atom is -0.478 e. The van der Waals surface area contributed by atoms with Crippen LogP contribution in [-0.2, 0) is 0 Å². The third-order valence-corrected chi connectivity index (χ3v) is 2.24. The first-order chi connectivity index (χ1) is 8.15. The number of carboxylic acids is 1. The molecule has 0 saturated heterocycles. The normalized spacial score (nSPS) is 10.2. The highest BCUT2D eigenvalue weighted by atomic mass is 35.5. The van der Waals surface area contributed by atoms with Crippen molar-refractivity contribution >= 4 is 23.6 Å². The number of carboxylic acid groups (broad SMARTS) is 1. The second kappa shape index (κ2) is 6.58. The van der Waals surface area contributed by atoms with Gasteiger partial charge in [-0.05, 0) is 29.6 Å². The molecule has 0 heterocycles. The predicted octanol–water partition coefficient (Wildman–Crippen LogP) is 3.75. The monoisotopic (exact) mass is 251 g/mol. The number of hydrogen-bond donors (Lipinski definition) is 1. The molecule has 1 aromatic rings. The lowest BCUT2D eigenvalue weighted by atomic mass is 10.1. The van der Waals surface area contributed by atoms with Crippen LogP contribution < -0.4 is 0 Å². The number of carbonyl (C=O) groups is 1. The Hall–Kier alpha value is -1.97. The number of hydrogen-bond acceptors (Lipinski definition) is 2. The van der Waals surface area contributed by atoms with Crippen LogP contribution in [0.4, 0.5) is 0 Å². The molecular weight excluding hydrogens is 242 g/mol. The molecular formula is C11H10ClN3O2. The fourth-order valence-corrected chi connectivity index (χ4v) is 1.42. The van der Waals surface area contributed by atoms with Crippen LogP contribution in [0.15, 0.2) is 29.4 Å². The molecule has 1 rings (SSSR count). The van der Waals surface area contributed by atoms with E-state index in [-0.39, 0.29) is 5.56 Å². The fraction of sp³-hybridized carbons (Fsp3) is 0.182. The van der Waals surface area contributed by atoms with Gasteiger partial charge in [-0.25, -0.2) is 4.79 Å². The van der Waals surface area contributed by atoms with Gasteiger partial charge in [-0.1, -0.05) is 34.9 Å². The lowest BCUT2D eigenvalue weighted by Crippen LogP contribution is -1.99. The van der Waals surface area contributed by atoms with Gasteiger partial charge in [-0.3, -0.25) is 0 Å². The van der Waals surface area contributed by atoms with Gasteiger partial charge in [0.2, 0.25) is 0 Å². The summed E-state index contributed by atoms with van der Waals surface area (Å²) in [6.45, 7) is 0.350. The number of rotatable bonds is 5.